The SMILES string of the molecule is CC(C)COC(=O)C1OC(C(=O)OCC(C)C)C(C(=O)OCC(C)C)C1C(=O)OCC(C)C. The van der Waals surface area contributed by atoms with Gasteiger partial charge in [0.25, 0.3) is 0 Å². The average Bonchev–Trinajstić information content (AvgIpc) is 3.13. The van der Waals surface area contributed by atoms with Gasteiger partial charge in [-0.2, -0.15) is 0 Å². The second-order valence-corrected chi connectivity index (χ2v) is 10.1. The minimum absolute atomic E-state index is 0.0285. The van der Waals surface area contributed by atoms with Crippen LogP contribution in [0.5, 0.6) is 0 Å². The number of hydrogen-bond acceptors (Lipinski definition) is 9. The molecule has 0 bridgehead atoms. The van der Waals surface area contributed by atoms with Crippen LogP contribution in [0.25, 0.3) is 0 Å². The van der Waals surface area contributed by atoms with Crippen LogP contribution in [-0.4, -0.2) is 62.5 Å². The summed E-state index contributed by atoms with van der Waals surface area (Å²) in [4.78, 5) is 51.7. The third-order valence-electron chi connectivity index (χ3n) is 4.58. The van der Waals surface area contributed by atoms with Gasteiger partial charge in [-0.15, -0.1) is 0 Å². The summed E-state index contributed by atoms with van der Waals surface area (Å²) in [6.45, 7) is 15.2. The topological polar surface area (TPSA) is 114 Å². The Bertz CT molecular complexity index is 613. The molecule has 190 valence electrons. The molecule has 1 fully saturated rings. The van der Waals surface area contributed by atoms with Crippen molar-refractivity contribution in [3.8, 4) is 0 Å². The molecule has 1 aliphatic rings. The lowest BCUT2D eigenvalue weighted by molar-refractivity contribution is -0.171. The fraction of sp³-hybridized carbons (Fsp3) is 0.833. The predicted molar refractivity (Wildman–Crippen MR) is 119 cm³/mol. The first-order valence-electron chi connectivity index (χ1n) is 11.7. The lowest BCUT2D eigenvalue weighted by Crippen LogP contribution is -2.42. The minimum atomic E-state index is -1.49. The van der Waals surface area contributed by atoms with E-state index >= 15 is 0 Å². The zero-order valence-electron chi connectivity index (χ0n) is 21.1. The van der Waals surface area contributed by atoms with Gasteiger partial charge in [-0.3, -0.25) is 9.59 Å². The van der Waals surface area contributed by atoms with E-state index in [0.29, 0.717) is 0 Å². The van der Waals surface area contributed by atoms with Gasteiger partial charge in [0.15, 0.2) is 12.2 Å². The summed E-state index contributed by atoms with van der Waals surface area (Å²) in [7, 11) is 0. The fourth-order valence-electron chi connectivity index (χ4n) is 3.00. The van der Waals surface area contributed by atoms with Crippen molar-refractivity contribution in [1.82, 2.24) is 0 Å². The first-order valence-corrected chi connectivity index (χ1v) is 11.7. The molecule has 0 amide bonds. The normalized spacial score (nSPS) is 22.7. The summed E-state index contributed by atoms with van der Waals surface area (Å²) in [6, 6.07) is 0. The molecule has 1 saturated heterocycles. The van der Waals surface area contributed by atoms with Crippen molar-refractivity contribution in [3.05, 3.63) is 0 Å². The van der Waals surface area contributed by atoms with E-state index in [2.05, 4.69) is 0 Å². The Morgan fingerprint density at radius 2 is 0.758 bits per heavy atom. The average molecular weight is 473 g/mol. The van der Waals surface area contributed by atoms with E-state index in [1.165, 1.54) is 0 Å². The molecule has 0 aromatic carbocycles. The summed E-state index contributed by atoms with van der Waals surface area (Å²) >= 11 is 0. The van der Waals surface area contributed by atoms with Crippen LogP contribution in [0.4, 0.5) is 0 Å². The number of carbonyl (C=O) groups excluding carboxylic acids is 4. The van der Waals surface area contributed by atoms with Crippen molar-refractivity contribution < 1.29 is 42.9 Å². The first-order chi connectivity index (χ1) is 15.3. The highest BCUT2D eigenvalue weighted by Gasteiger charge is 2.59. The predicted octanol–water partition coefficient (Wildman–Crippen LogP) is 2.78. The summed E-state index contributed by atoms with van der Waals surface area (Å²) in [5, 5.41) is 0. The minimum Gasteiger partial charge on any atom is -0.465 e. The summed E-state index contributed by atoms with van der Waals surface area (Å²) in [6.07, 6.45) is -2.98. The maximum absolute atomic E-state index is 13.0. The Morgan fingerprint density at radius 3 is 1.00 bits per heavy atom. The van der Waals surface area contributed by atoms with Crippen molar-refractivity contribution in [3.63, 3.8) is 0 Å². The van der Waals surface area contributed by atoms with Gasteiger partial charge in [0, 0.05) is 0 Å². The molecule has 0 spiro atoms. The van der Waals surface area contributed by atoms with Gasteiger partial charge >= 0.3 is 23.9 Å². The summed E-state index contributed by atoms with van der Waals surface area (Å²) in [5.41, 5.74) is 0. The van der Waals surface area contributed by atoms with Crippen LogP contribution in [0.1, 0.15) is 55.4 Å². The van der Waals surface area contributed by atoms with E-state index in [0.717, 1.165) is 0 Å². The van der Waals surface area contributed by atoms with Crippen molar-refractivity contribution in [2.75, 3.05) is 26.4 Å². The van der Waals surface area contributed by atoms with Crippen molar-refractivity contribution >= 4 is 23.9 Å². The molecule has 0 saturated carbocycles. The molecule has 9 heteroatoms. The van der Waals surface area contributed by atoms with Crippen LogP contribution in [0.2, 0.25) is 0 Å². The standard InChI is InChI=1S/C24H40O9/c1-13(2)9-29-21(25)17-18(22(26)30-10-14(3)4)20(24(28)32-12-16(7)8)33-19(17)23(27)31-11-15(5)6/h13-20H,9-12H2,1-8H3. The Kier molecular flexibility index (Phi) is 11.8. The van der Waals surface area contributed by atoms with E-state index in [1.807, 2.05) is 55.4 Å². The van der Waals surface area contributed by atoms with E-state index < -0.39 is 47.9 Å². The molecule has 0 radical (unpaired) electrons. The van der Waals surface area contributed by atoms with Gasteiger partial charge in [0.1, 0.15) is 11.8 Å². The second kappa shape index (κ2) is 13.5. The summed E-state index contributed by atoms with van der Waals surface area (Å²) in [5.74, 6) is -5.95. The van der Waals surface area contributed by atoms with Crippen molar-refractivity contribution in [2.45, 2.75) is 67.6 Å². The quantitative estimate of drug-likeness (QED) is 0.312. The molecular weight excluding hydrogens is 432 g/mol. The van der Waals surface area contributed by atoms with Crippen LogP contribution in [-0.2, 0) is 42.9 Å². The Balaban J connectivity index is 3.29. The fourth-order valence-corrected chi connectivity index (χ4v) is 3.00. The molecule has 1 heterocycles. The molecule has 0 N–H and O–H groups in total. The summed E-state index contributed by atoms with van der Waals surface area (Å²) < 4.78 is 26.9. The highest BCUT2D eigenvalue weighted by Crippen LogP contribution is 2.37. The highest BCUT2D eigenvalue weighted by molar-refractivity contribution is 5.94. The zero-order valence-corrected chi connectivity index (χ0v) is 21.1. The van der Waals surface area contributed by atoms with E-state index in [-0.39, 0.29) is 50.1 Å². The largest absolute Gasteiger partial charge is 0.465 e. The monoisotopic (exact) mass is 472 g/mol. The number of esters is 4. The van der Waals surface area contributed by atoms with Gasteiger partial charge in [-0.25, -0.2) is 9.59 Å². The molecular formula is C24H40O9. The van der Waals surface area contributed by atoms with Crippen LogP contribution in [0.15, 0.2) is 0 Å². The molecule has 9 nitrogen and oxygen atoms in total. The van der Waals surface area contributed by atoms with Gasteiger partial charge in [-0.1, -0.05) is 55.4 Å². The zero-order chi connectivity index (χ0) is 25.3. The maximum atomic E-state index is 13.0. The lowest BCUT2D eigenvalue weighted by atomic mass is 9.86. The van der Waals surface area contributed by atoms with Crippen LogP contribution in [0, 0.1) is 35.5 Å². The van der Waals surface area contributed by atoms with Gasteiger partial charge < -0.3 is 23.7 Å². The number of hydrogen-bond donors (Lipinski definition) is 0. The molecule has 0 aliphatic carbocycles. The second-order valence-electron chi connectivity index (χ2n) is 10.1. The van der Waals surface area contributed by atoms with E-state index in [1.54, 1.807) is 0 Å². The number of rotatable bonds is 12. The molecule has 33 heavy (non-hydrogen) atoms. The van der Waals surface area contributed by atoms with Crippen LogP contribution in [0.3, 0.4) is 0 Å². The van der Waals surface area contributed by atoms with Crippen molar-refractivity contribution in [2.24, 2.45) is 35.5 Å². The molecule has 1 aliphatic heterocycles. The Morgan fingerprint density at radius 1 is 0.515 bits per heavy atom. The van der Waals surface area contributed by atoms with Crippen LogP contribution >= 0.6 is 0 Å². The number of ether oxygens (including phenoxy) is 5. The van der Waals surface area contributed by atoms with Gasteiger partial charge in [0.05, 0.1) is 26.4 Å². The van der Waals surface area contributed by atoms with Gasteiger partial charge in [-0.05, 0) is 23.7 Å². The lowest BCUT2D eigenvalue weighted by Gasteiger charge is -2.22. The third-order valence-corrected chi connectivity index (χ3v) is 4.58. The molecule has 4 unspecified atom stereocenters. The Hall–Kier alpha value is -2.16. The third kappa shape index (κ3) is 9.31. The molecule has 0 aromatic rings. The maximum Gasteiger partial charge on any atom is 0.336 e. The van der Waals surface area contributed by atoms with E-state index in [9.17, 15) is 19.2 Å². The molecule has 1 rings (SSSR count). The highest BCUT2D eigenvalue weighted by atomic mass is 16.6. The molecule has 4 atom stereocenters. The Labute approximate surface area is 196 Å². The smallest absolute Gasteiger partial charge is 0.336 e. The number of carbonyl (C=O) groups is 4. The van der Waals surface area contributed by atoms with Crippen molar-refractivity contribution in [1.29, 1.82) is 0 Å². The van der Waals surface area contributed by atoms with E-state index in [4.69, 9.17) is 23.7 Å². The molecule has 0 aromatic heterocycles. The van der Waals surface area contributed by atoms with Crippen LogP contribution < -0.4 is 0 Å². The first kappa shape index (κ1) is 28.9. The van der Waals surface area contributed by atoms with Gasteiger partial charge in [0.2, 0.25) is 0 Å².